The van der Waals surface area contributed by atoms with Gasteiger partial charge in [0.05, 0.1) is 7.11 Å². The molecule has 1 saturated heterocycles. The number of aryl methyl sites for hydroxylation is 1. The molecule has 3 nitrogen and oxygen atoms in total. The first-order valence-electron chi connectivity index (χ1n) is 5.87. The number of nitrogens with one attached hydrogen (secondary N) is 1. The molecule has 0 radical (unpaired) electrons. The Hall–Kier alpha value is -1.22. The van der Waals surface area contributed by atoms with Gasteiger partial charge in [-0.1, -0.05) is 19.4 Å². The lowest BCUT2D eigenvalue weighted by Gasteiger charge is -2.28. The van der Waals surface area contributed by atoms with E-state index in [-0.39, 0.29) is 0 Å². The molecule has 0 aromatic heterocycles. The minimum absolute atomic E-state index is 0.297. The molecule has 0 spiro atoms. The predicted octanol–water partition coefficient (Wildman–Crippen LogP) is 2.00. The van der Waals surface area contributed by atoms with E-state index in [9.17, 15) is 0 Å². The van der Waals surface area contributed by atoms with Crippen molar-refractivity contribution >= 4 is 0 Å². The third-order valence-electron chi connectivity index (χ3n) is 2.80. The molecule has 0 atom stereocenters. The Labute approximate surface area is 96.8 Å². The van der Waals surface area contributed by atoms with Crippen LogP contribution in [-0.2, 0) is 6.42 Å². The Kier molecular flexibility index (Phi) is 3.67. The van der Waals surface area contributed by atoms with Crippen molar-refractivity contribution in [2.45, 2.75) is 25.9 Å². The molecule has 1 aromatic carbocycles. The predicted molar refractivity (Wildman–Crippen MR) is 64.3 cm³/mol. The highest BCUT2D eigenvalue weighted by atomic mass is 16.5. The molecule has 1 heterocycles. The van der Waals surface area contributed by atoms with Gasteiger partial charge in [-0.2, -0.15) is 0 Å². The summed E-state index contributed by atoms with van der Waals surface area (Å²) in [6.07, 6.45) is 2.53. The van der Waals surface area contributed by atoms with E-state index in [0.717, 1.165) is 37.4 Å². The van der Waals surface area contributed by atoms with Gasteiger partial charge in [0, 0.05) is 13.1 Å². The zero-order valence-corrected chi connectivity index (χ0v) is 9.95. The highest BCUT2D eigenvalue weighted by Gasteiger charge is 2.19. The smallest absolute Gasteiger partial charge is 0.161 e. The summed E-state index contributed by atoms with van der Waals surface area (Å²) in [6, 6.07) is 6.21. The van der Waals surface area contributed by atoms with Crippen LogP contribution in [0.15, 0.2) is 18.2 Å². The molecule has 2 rings (SSSR count). The zero-order valence-electron chi connectivity index (χ0n) is 9.95. The average Bonchev–Trinajstić information content (AvgIpc) is 2.25. The Morgan fingerprint density at radius 1 is 1.31 bits per heavy atom. The number of hydrogen-bond acceptors (Lipinski definition) is 3. The second kappa shape index (κ2) is 5.21. The van der Waals surface area contributed by atoms with E-state index in [1.807, 2.05) is 6.07 Å². The van der Waals surface area contributed by atoms with Crippen LogP contribution in [0.1, 0.15) is 18.9 Å². The van der Waals surface area contributed by atoms with Crippen LogP contribution >= 0.6 is 0 Å². The van der Waals surface area contributed by atoms with E-state index < -0.39 is 0 Å². The Morgan fingerprint density at radius 3 is 2.69 bits per heavy atom. The number of hydrogen-bond donors (Lipinski definition) is 1. The molecule has 0 bridgehead atoms. The van der Waals surface area contributed by atoms with Crippen LogP contribution in [0.2, 0.25) is 0 Å². The standard InChI is InChI=1S/C13H19NO2/c1-3-4-10-5-6-12(13(7-10)15-2)16-11-8-14-9-11/h5-7,11,14H,3-4,8-9H2,1-2H3. The molecule has 1 aliphatic heterocycles. The van der Waals surface area contributed by atoms with E-state index in [4.69, 9.17) is 9.47 Å². The van der Waals surface area contributed by atoms with Crippen LogP contribution in [0.4, 0.5) is 0 Å². The van der Waals surface area contributed by atoms with Crippen molar-refractivity contribution < 1.29 is 9.47 Å². The molecule has 1 N–H and O–H groups in total. The lowest BCUT2D eigenvalue weighted by atomic mass is 10.1. The fraction of sp³-hybridized carbons (Fsp3) is 0.538. The van der Waals surface area contributed by atoms with Crippen molar-refractivity contribution in [3.63, 3.8) is 0 Å². The summed E-state index contributed by atoms with van der Waals surface area (Å²) >= 11 is 0. The summed E-state index contributed by atoms with van der Waals surface area (Å²) < 4.78 is 11.2. The number of ether oxygens (including phenoxy) is 2. The molecule has 1 aromatic rings. The summed E-state index contributed by atoms with van der Waals surface area (Å²) in [5.41, 5.74) is 1.30. The van der Waals surface area contributed by atoms with Gasteiger partial charge in [-0.25, -0.2) is 0 Å². The molecular weight excluding hydrogens is 202 g/mol. The normalized spacial score (nSPS) is 15.6. The molecule has 16 heavy (non-hydrogen) atoms. The summed E-state index contributed by atoms with van der Waals surface area (Å²) in [4.78, 5) is 0. The van der Waals surface area contributed by atoms with Crippen LogP contribution in [0.3, 0.4) is 0 Å². The fourth-order valence-electron chi connectivity index (χ4n) is 1.78. The topological polar surface area (TPSA) is 30.5 Å². The third kappa shape index (κ3) is 2.47. The van der Waals surface area contributed by atoms with Gasteiger partial charge in [0.2, 0.25) is 0 Å². The largest absolute Gasteiger partial charge is 0.493 e. The van der Waals surface area contributed by atoms with Crippen molar-refractivity contribution in [2.75, 3.05) is 20.2 Å². The number of benzene rings is 1. The molecule has 3 heteroatoms. The fourth-order valence-corrected chi connectivity index (χ4v) is 1.78. The maximum Gasteiger partial charge on any atom is 0.161 e. The Morgan fingerprint density at radius 2 is 2.12 bits per heavy atom. The van der Waals surface area contributed by atoms with E-state index in [1.54, 1.807) is 7.11 Å². The number of methoxy groups -OCH3 is 1. The lowest BCUT2D eigenvalue weighted by Crippen LogP contribution is -2.50. The van der Waals surface area contributed by atoms with E-state index >= 15 is 0 Å². The molecular formula is C13H19NO2. The monoisotopic (exact) mass is 221 g/mol. The molecule has 0 amide bonds. The highest BCUT2D eigenvalue weighted by molar-refractivity contribution is 5.43. The Bertz CT molecular complexity index is 348. The van der Waals surface area contributed by atoms with E-state index in [1.165, 1.54) is 5.56 Å². The van der Waals surface area contributed by atoms with Crippen molar-refractivity contribution in [3.05, 3.63) is 23.8 Å². The van der Waals surface area contributed by atoms with Gasteiger partial charge in [-0.05, 0) is 24.1 Å². The second-order valence-corrected chi connectivity index (χ2v) is 4.13. The minimum Gasteiger partial charge on any atom is -0.493 e. The molecule has 88 valence electrons. The minimum atomic E-state index is 0.297. The van der Waals surface area contributed by atoms with E-state index in [2.05, 4.69) is 24.4 Å². The molecule has 1 aliphatic rings. The SMILES string of the molecule is CCCc1ccc(OC2CNC2)c(OC)c1. The van der Waals surface area contributed by atoms with Gasteiger partial charge in [-0.3, -0.25) is 0 Å². The summed E-state index contributed by atoms with van der Waals surface area (Å²) in [7, 11) is 1.69. The van der Waals surface area contributed by atoms with Gasteiger partial charge < -0.3 is 14.8 Å². The Balaban J connectivity index is 2.10. The molecule has 1 fully saturated rings. The van der Waals surface area contributed by atoms with Crippen molar-refractivity contribution in [1.29, 1.82) is 0 Å². The third-order valence-corrected chi connectivity index (χ3v) is 2.80. The van der Waals surface area contributed by atoms with Crippen molar-refractivity contribution in [1.82, 2.24) is 5.32 Å². The van der Waals surface area contributed by atoms with Gasteiger partial charge in [0.25, 0.3) is 0 Å². The summed E-state index contributed by atoms with van der Waals surface area (Å²) in [5, 5.41) is 3.18. The lowest BCUT2D eigenvalue weighted by molar-refractivity contribution is 0.137. The van der Waals surface area contributed by atoms with E-state index in [0.29, 0.717) is 6.10 Å². The van der Waals surface area contributed by atoms with Gasteiger partial charge in [0.15, 0.2) is 11.5 Å². The second-order valence-electron chi connectivity index (χ2n) is 4.13. The first kappa shape index (κ1) is 11.3. The quantitative estimate of drug-likeness (QED) is 0.825. The average molecular weight is 221 g/mol. The summed E-state index contributed by atoms with van der Waals surface area (Å²) in [6.45, 7) is 4.04. The van der Waals surface area contributed by atoms with Gasteiger partial charge in [0.1, 0.15) is 6.10 Å². The van der Waals surface area contributed by atoms with Crippen molar-refractivity contribution in [2.24, 2.45) is 0 Å². The van der Waals surface area contributed by atoms with Crippen molar-refractivity contribution in [3.8, 4) is 11.5 Å². The van der Waals surface area contributed by atoms with Gasteiger partial charge in [-0.15, -0.1) is 0 Å². The van der Waals surface area contributed by atoms with Crippen LogP contribution in [-0.4, -0.2) is 26.3 Å². The molecule has 0 unspecified atom stereocenters. The maximum absolute atomic E-state index is 5.82. The molecule has 0 aliphatic carbocycles. The van der Waals surface area contributed by atoms with Crippen LogP contribution in [0.25, 0.3) is 0 Å². The van der Waals surface area contributed by atoms with Gasteiger partial charge >= 0.3 is 0 Å². The van der Waals surface area contributed by atoms with Crippen LogP contribution in [0.5, 0.6) is 11.5 Å². The number of rotatable bonds is 5. The van der Waals surface area contributed by atoms with Crippen LogP contribution < -0.4 is 14.8 Å². The summed E-state index contributed by atoms with van der Waals surface area (Å²) in [5.74, 6) is 1.70. The van der Waals surface area contributed by atoms with Crippen LogP contribution in [0, 0.1) is 0 Å². The molecule has 0 saturated carbocycles. The first-order chi connectivity index (χ1) is 7.83. The maximum atomic E-state index is 5.82. The zero-order chi connectivity index (χ0) is 11.4. The first-order valence-corrected chi connectivity index (χ1v) is 5.87. The highest BCUT2D eigenvalue weighted by Crippen LogP contribution is 2.29.